The molecular formula is C33H44N4O6. The lowest BCUT2D eigenvalue weighted by atomic mass is 9.88. The number of likely N-dealkylation sites (tertiary alicyclic amines) is 1. The van der Waals surface area contributed by atoms with E-state index in [1.165, 1.54) is 17.7 Å². The van der Waals surface area contributed by atoms with Gasteiger partial charge in [-0.15, -0.1) is 6.58 Å². The second-order valence-corrected chi connectivity index (χ2v) is 12.5. The molecule has 43 heavy (non-hydrogen) atoms. The van der Waals surface area contributed by atoms with Crippen molar-refractivity contribution < 1.29 is 24.0 Å². The highest BCUT2D eigenvalue weighted by molar-refractivity contribution is 5.68. The largest absolute Gasteiger partial charge is 0.445 e. The Hall–Kier alpha value is -3.92. The molecule has 1 heterocycles. The van der Waals surface area contributed by atoms with Crippen molar-refractivity contribution in [2.45, 2.75) is 76.7 Å². The van der Waals surface area contributed by atoms with E-state index in [9.17, 15) is 19.7 Å². The number of benzene rings is 2. The fourth-order valence-corrected chi connectivity index (χ4v) is 6.23. The first kappa shape index (κ1) is 32.0. The first-order chi connectivity index (χ1) is 20.5. The molecule has 10 heteroatoms. The van der Waals surface area contributed by atoms with Crippen LogP contribution >= 0.6 is 0 Å². The van der Waals surface area contributed by atoms with Gasteiger partial charge < -0.3 is 24.6 Å². The number of nitrogens with zero attached hydrogens (tertiary/aromatic N) is 3. The predicted molar refractivity (Wildman–Crippen MR) is 165 cm³/mol. The summed E-state index contributed by atoms with van der Waals surface area (Å²) in [5.74, 6) is 0.723. The van der Waals surface area contributed by atoms with Gasteiger partial charge in [-0.1, -0.05) is 36.4 Å². The van der Waals surface area contributed by atoms with Gasteiger partial charge in [0.2, 0.25) is 0 Å². The molecule has 3 atom stereocenters. The predicted octanol–water partition coefficient (Wildman–Crippen LogP) is 6.27. The quantitative estimate of drug-likeness (QED) is 0.196. The molecule has 2 aromatic rings. The van der Waals surface area contributed by atoms with Crippen molar-refractivity contribution in [2.24, 2.45) is 5.92 Å². The van der Waals surface area contributed by atoms with Gasteiger partial charge in [0.15, 0.2) is 0 Å². The summed E-state index contributed by atoms with van der Waals surface area (Å²) in [6.07, 6.45) is 4.33. The van der Waals surface area contributed by atoms with Crippen LogP contribution in [-0.4, -0.2) is 70.8 Å². The molecule has 1 N–H and O–H groups in total. The smallest absolute Gasteiger partial charge is 0.410 e. The Balaban J connectivity index is 1.32. The van der Waals surface area contributed by atoms with Crippen LogP contribution in [0.3, 0.4) is 0 Å². The average Bonchev–Trinajstić information content (AvgIpc) is 3.36. The van der Waals surface area contributed by atoms with Gasteiger partial charge in [0.05, 0.1) is 4.92 Å². The van der Waals surface area contributed by atoms with Gasteiger partial charge in [-0.25, -0.2) is 9.59 Å². The van der Waals surface area contributed by atoms with Crippen molar-refractivity contribution in [1.82, 2.24) is 15.1 Å². The van der Waals surface area contributed by atoms with E-state index in [-0.39, 0.29) is 30.5 Å². The molecule has 4 rings (SSSR count). The molecule has 2 amide bonds. The molecule has 10 nitrogen and oxygen atoms in total. The second-order valence-electron chi connectivity index (χ2n) is 12.5. The highest BCUT2D eigenvalue weighted by Crippen LogP contribution is 2.41. The van der Waals surface area contributed by atoms with Gasteiger partial charge in [0.25, 0.3) is 5.69 Å². The van der Waals surface area contributed by atoms with Crippen LogP contribution in [0.5, 0.6) is 0 Å². The number of rotatable bonds is 10. The number of carbonyl (C=O) groups is 2. The van der Waals surface area contributed by atoms with Crippen LogP contribution < -0.4 is 5.32 Å². The van der Waals surface area contributed by atoms with E-state index >= 15 is 0 Å². The standard InChI is InChI=1S/C33H44N4O6/c1-5-17-36(32(39)42-23-24-11-13-29(14-12-24)37(40)41)28-15-18-35(19-16-28)22-26-20-27(34-31(38)43-33(2,3)4)21-30(26)25-9-7-6-8-10-25/h5-14,26-28,30H,1,15-23H2,2-4H3,(H,34,38)/t26-,27+,30-/m1/s1. The van der Waals surface area contributed by atoms with E-state index in [1.807, 2.05) is 26.8 Å². The number of hydrogen-bond donors (Lipinski definition) is 1. The highest BCUT2D eigenvalue weighted by Gasteiger charge is 2.38. The van der Waals surface area contributed by atoms with Crippen LogP contribution in [0.25, 0.3) is 0 Å². The molecule has 0 radical (unpaired) electrons. The van der Waals surface area contributed by atoms with Gasteiger partial charge in [0, 0.05) is 50.4 Å². The molecule has 2 aliphatic rings. The van der Waals surface area contributed by atoms with Gasteiger partial charge in [-0.3, -0.25) is 10.1 Å². The Bertz CT molecular complexity index is 1240. The number of nitro groups is 1. The maximum absolute atomic E-state index is 13.0. The Morgan fingerprint density at radius 3 is 2.37 bits per heavy atom. The zero-order valence-electron chi connectivity index (χ0n) is 25.4. The van der Waals surface area contributed by atoms with E-state index in [4.69, 9.17) is 9.47 Å². The molecule has 232 valence electrons. The van der Waals surface area contributed by atoms with Crippen molar-refractivity contribution in [3.8, 4) is 0 Å². The van der Waals surface area contributed by atoms with Gasteiger partial charge in [-0.05, 0) is 81.5 Å². The average molecular weight is 593 g/mol. The SMILES string of the molecule is C=CCN(C(=O)OCc1ccc([N+](=O)[O-])cc1)C1CCN(C[C@H]2C[C@H](NC(=O)OC(C)(C)C)C[C@@H]2c2ccccc2)CC1. The molecule has 1 saturated heterocycles. The normalized spacial score (nSPS) is 21.1. The summed E-state index contributed by atoms with van der Waals surface area (Å²) in [5.41, 5.74) is 1.44. The first-order valence-corrected chi connectivity index (χ1v) is 15.1. The Morgan fingerprint density at radius 2 is 1.77 bits per heavy atom. The summed E-state index contributed by atoms with van der Waals surface area (Å²) in [6, 6.07) is 16.6. The van der Waals surface area contributed by atoms with Crippen molar-refractivity contribution in [2.75, 3.05) is 26.2 Å². The lowest BCUT2D eigenvalue weighted by Gasteiger charge is -2.39. The van der Waals surface area contributed by atoms with E-state index in [0.717, 1.165) is 45.3 Å². The van der Waals surface area contributed by atoms with Crippen molar-refractivity contribution in [3.05, 3.63) is 88.5 Å². The summed E-state index contributed by atoms with van der Waals surface area (Å²) >= 11 is 0. The third-order valence-corrected chi connectivity index (χ3v) is 8.20. The highest BCUT2D eigenvalue weighted by atomic mass is 16.6. The summed E-state index contributed by atoms with van der Waals surface area (Å²) in [7, 11) is 0. The number of hydrogen-bond acceptors (Lipinski definition) is 7. The Morgan fingerprint density at radius 1 is 1.09 bits per heavy atom. The van der Waals surface area contributed by atoms with E-state index < -0.39 is 16.6 Å². The minimum absolute atomic E-state index is 0.00219. The van der Waals surface area contributed by atoms with Crippen LogP contribution in [0.15, 0.2) is 67.3 Å². The van der Waals surface area contributed by atoms with Crippen LogP contribution in [0, 0.1) is 16.0 Å². The summed E-state index contributed by atoms with van der Waals surface area (Å²) in [6.45, 7) is 12.5. The second kappa shape index (κ2) is 14.5. The molecule has 1 saturated carbocycles. The fourth-order valence-electron chi connectivity index (χ4n) is 6.23. The number of non-ortho nitro benzene ring substituents is 1. The zero-order chi connectivity index (χ0) is 31.0. The molecule has 2 fully saturated rings. The zero-order valence-corrected chi connectivity index (χ0v) is 25.4. The van der Waals surface area contributed by atoms with Crippen molar-refractivity contribution in [1.29, 1.82) is 0 Å². The van der Waals surface area contributed by atoms with Crippen molar-refractivity contribution in [3.63, 3.8) is 0 Å². The number of ether oxygens (including phenoxy) is 2. The molecule has 0 unspecified atom stereocenters. The summed E-state index contributed by atoms with van der Waals surface area (Å²) in [4.78, 5) is 40.2. The van der Waals surface area contributed by atoms with E-state index in [1.54, 1.807) is 23.1 Å². The maximum Gasteiger partial charge on any atom is 0.410 e. The van der Waals surface area contributed by atoms with Crippen molar-refractivity contribution >= 4 is 17.9 Å². The van der Waals surface area contributed by atoms with Crippen LogP contribution in [0.1, 0.15) is 63.5 Å². The van der Waals surface area contributed by atoms with Gasteiger partial charge in [-0.2, -0.15) is 0 Å². The van der Waals surface area contributed by atoms with E-state index in [0.29, 0.717) is 23.9 Å². The van der Waals surface area contributed by atoms with E-state index in [2.05, 4.69) is 41.1 Å². The monoisotopic (exact) mass is 592 g/mol. The molecular weight excluding hydrogens is 548 g/mol. The number of nitrogens with one attached hydrogen (secondary N) is 1. The van der Waals surface area contributed by atoms with Gasteiger partial charge >= 0.3 is 12.2 Å². The molecule has 0 aromatic heterocycles. The topological polar surface area (TPSA) is 114 Å². The molecule has 0 spiro atoms. The minimum atomic E-state index is -0.540. The number of piperidine rings is 1. The molecule has 0 bridgehead atoms. The lowest BCUT2D eigenvalue weighted by Crippen LogP contribution is -2.48. The Labute approximate surface area is 254 Å². The third-order valence-electron chi connectivity index (χ3n) is 8.20. The number of nitro benzene ring substituents is 1. The summed E-state index contributed by atoms with van der Waals surface area (Å²) < 4.78 is 11.1. The van der Waals surface area contributed by atoms with Crippen LogP contribution in [-0.2, 0) is 16.1 Å². The number of amides is 2. The maximum atomic E-state index is 13.0. The number of carbonyl (C=O) groups excluding carboxylic acids is 2. The van der Waals surface area contributed by atoms with Crippen LogP contribution in [0.2, 0.25) is 0 Å². The summed E-state index contributed by atoms with van der Waals surface area (Å²) in [5, 5.41) is 14.0. The first-order valence-electron chi connectivity index (χ1n) is 15.1. The van der Waals surface area contributed by atoms with Crippen LogP contribution in [0.4, 0.5) is 15.3 Å². The third kappa shape index (κ3) is 9.28. The fraction of sp³-hybridized carbons (Fsp3) is 0.515. The molecule has 1 aliphatic carbocycles. The Kier molecular flexibility index (Phi) is 10.8. The minimum Gasteiger partial charge on any atom is -0.445 e. The molecule has 2 aromatic carbocycles. The number of alkyl carbamates (subject to hydrolysis) is 1. The van der Waals surface area contributed by atoms with Gasteiger partial charge in [0.1, 0.15) is 12.2 Å². The lowest BCUT2D eigenvalue weighted by molar-refractivity contribution is -0.384. The molecule has 1 aliphatic heterocycles.